The number of carbonyl (C=O) groups excluding carboxylic acids is 1. The number of nitro groups is 2. The first-order chi connectivity index (χ1) is 9.43. The Balaban J connectivity index is 3.68. The number of hydrogen-bond donors (Lipinski definition) is 2. The minimum Gasteiger partial charge on any atom is -0.502 e. The number of nitrogens with two attached hydrogens (primary N) is 1. The first-order valence-corrected chi connectivity index (χ1v) is 5.26. The Hall–Kier alpha value is -2.99. The highest BCUT2D eigenvalue weighted by molar-refractivity contribution is 5.89. The smallest absolute Gasteiger partial charge is 0.318 e. The van der Waals surface area contributed by atoms with E-state index in [0.29, 0.717) is 6.07 Å². The first-order valence-electron chi connectivity index (χ1n) is 5.26. The number of phenolic OH excluding ortho intramolecular Hbond substituents is 1. The summed E-state index contributed by atoms with van der Waals surface area (Å²) >= 11 is 0. The van der Waals surface area contributed by atoms with Crippen molar-refractivity contribution < 1.29 is 19.7 Å². The van der Waals surface area contributed by atoms with Crippen LogP contribution in [-0.4, -0.2) is 27.8 Å². The van der Waals surface area contributed by atoms with Crippen LogP contribution < -0.4 is 5.73 Å². The van der Waals surface area contributed by atoms with Gasteiger partial charge in [0, 0.05) is 13.0 Å². The number of rotatable bonds is 4. The molecule has 0 saturated carbocycles. The number of aromatic hydroxyl groups is 1. The standard InChI is InChI=1S/C11H9N3O6/c12-4-2-1-3-7-8(6-15)11(16)10(14(19)20)5-9(7)13(17)18/h5-6,16H,2,4,12H2. The molecular weight excluding hydrogens is 270 g/mol. The summed E-state index contributed by atoms with van der Waals surface area (Å²) in [7, 11) is 0. The second-order valence-electron chi connectivity index (χ2n) is 3.52. The fourth-order valence-electron chi connectivity index (χ4n) is 1.42. The Morgan fingerprint density at radius 1 is 1.30 bits per heavy atom. The highest BCUT2D eigenvalue weighted by atomic mass is 16.6. The van der Waals surface area contributed by atoms with Gasteiger partial charge in [0.25, 0.3) is 5.69 Å². The molecule has 0 bridgehead atoms. The second-order valence-corrected chi connectivity index (χ2v) is 3.52. The van der Waals surface area contributed by atoms with E-state index in [1.165, 1.54) is 0 Å². The highest BCUT2D eigenvalue weighted by Crippen LogP contribution is 2.36. The van der Waals surface area contributed by atoms with Crippen LogP contribution in [0.25, 0.3) is 0 Å². The minimum absolute atomic E-state index is 0.0851. The van der Waals surface area contributed by atoms with Crippen molar-refractivity contribution in [2.24, 2.45) is 5.73 Å². The molecule has 0 atom stereocenters. The molecule has 0 heterocycles. The minimum atomic E-state index is -1.02. The van der Waals surface area contributed by atoms with E-state index in [2.05, 4.69) is 11.8 Å². The lowest BCUT2D eigenvalue weighted by Gasteiger charge is -2.03. The van der Waals surface area contributed by atoms with E-state index in [0.717, 1.165) is 0 Å². The Morgan fingerprint density at radius 2 is 1.90 bits per heavy atom. The van der Waals surface area contributed by atoms with E-state index in [9.17, 15) is 30.1 Å². The number of hydrogen-bond acceptors (Lipinski definition) is 7. The third kappa shape index (κ3) is 2.88. The molecule has 0 fully saturated rings. The molecule has 1 aromatic carbocycles. The van der Waals surface area contributed by atoms with Gasteiger partial charge in [0.05, 0.1) is 21.5 Å². The Labute approximate surface area is 112 Å². The van der Waals surface area contributed by atoms with Crippen molar-refractivity contribution >= 4 is 17.7 Å². The van der Waals surface area contributed by atoms with Gasteiger partial charge in [-0.15, -0.1) is 0 Å². The van der Waals surface area contributed by atoms with E-state index in [-0.39, 0.29) is 24.8 Å². The average molecular weight is 279 g/mol. The van der Waals surface area contributed by atoms with Gasteiger partial charge in [-0.05, 0) is 0 Å². The van der Waals surface area contributed by atoms with Crippen molar-refractivity contribution in [3.05, 3.63) is 37.4 Å². The van der Waals surface area contributed by atoms with Crippen LogP contribution in [0, 0.1) is 32.1 Å². The van der Waals surface area contributed by atoms with Crippen LogP contribution in [0.15, 0.2) is 6.07 Å². The van der Waals surface area contributed by atoms with Crippen molar-refractivity contribution in [2.45, 2.75) is 6.42 Å². The fraction of sp³-hybridized carbons (Fsp3) is 0.182. The number of carbonyl (C=O) groups is 1. The summed E-state index contributed by atoms with van der Waals surface area (Å²) in [6.07, 6.45) is 0.301. The van der Waals surface area contributed by atoms with E-state index in [1.54, 1.807) is 0 Å². The molecule has 9 heteroatoms. The van der Waals surface area contributed by atoms with Crippen molar-refractivity contribution in [1.29, 1.82) is 0 Å². The molecule has 1 rings (SSSR count). The Morgan fingerprint density at radius 3 is 2.35 bits per heavy atom. The van der Waals surface area contributed by atoms with Gasteiger partial charge in [0.15, 0.2) is 6.29 Å². The van der Waals surface area contributed by atoms with Crippen LogP contribution in [0.3, 0.4) is 0 Å². The average Bonchev–Trinajstić information content (AvgIpc) is 2.38. The van der Waals surface area contributed by atoms with Crippen LogP contribution in [0.4, 0.5) is 11.4 Å². The van der Waals surface area contributed by atoms with Crippen LogP contribution >= 0.6 is 0 Å². The van der Waals surface area contributed by atoms with Crippen LogP contribution in [0.5, 0.6) is 5.75 Å². The fourth-order valence-corrected chi connectivity index (χ4v) is 1.42. The molecule has 0 aliphatic heterocycles. The lowest BCUT2D eigenvalue weighted by molar-refractivity contribution is -0.394. The maximum Gasteiger partial charge on any atom is 0.318 e. The van der Waals surface area contributed by atoms with Crippen LogP contribution in [-0.2, 0) is 0 Å². The SMILES string of the molecule is NCCC#Cc1c([N+](=O)[O-])cc([N+](=O)[O-])c(O)c1C=O. The molecule has 0 unspecified atom stereocenters. The molecule has 20 heavy (non-hydrogen) atoms. The Kier molecular flexibility index (Phi) is 4.71. The Bertz CT molecular complexity index is 644. The van der Waals surface area contributed by atoms with E-state index in [4.69, 9.17) is 5.73 Å². The number of nitro benzene ring substituents is 2. The zero-order valence-electron chi connectivity index (χ0n) is 10.0. The summed E-state index contributed by atoms with van der Waals surface area (Å²) in [5.74, 6) is 3.86. The summed E-state index contributed by atoms with van der Waals surface area (Å²) in [5, 5.41) is 31.2. The topological polar surface area (TPSA) is 150 Å². The molecular formula is C11H9N3O6. The van der Waals surface area contributed by atoms with Gasteiger partial charge in [-0.2, -0.15) is 0 Å². The summed E-state index contributed by atoms with van der Waals surface area (Å²) in [6, 6.07) is 0.564. The normalized spacial score (nSPS) is 9.45. The number of aldehydes is 1. The van der Waals surface area contributed by atoms with Gasteiger partial charge in [-0.25, -0.2) is 0 Å². The third-order valence-corrected chi connectivity index (χ3v) is 2.29. The van der Waals surface area contributed by atoms with Crippen molar-refractivity contribution in [1.82, 2.24) is 0 Å². The largest absolute Gasteiger partial charge is 0.502 e. The van der Waals surface area contributed by atoms with E-state index in [1.807, 2.05) is 0 Å². The van der Waals surface area contributed by atoms with Gasteiger partial charge in [0.2, 0.25) is 5.75 Å². The maximum absolute atomic E-state index is 10.9. The molecule has 0 aliphatic carbocycles. The van der Waals surface area contributed by atoms with E-state index < -0.39 is 32.5 Å². The molecule has 0 saturated heterocycles. The summed E-state index contributed by atoms with van der Waals surface area (Å²) < 4.78 is 0. The quantitative estimate of drug-likeness (QED) is 0.356. The van der Waals surface area contributed by atoms with Crippen molar-refractivity contribution in [3.8, 4) is 17.6 Å². The van der Waals surface area contributed by atoms with Gasteiger partial charge >= 0.3 is 5.69 Å². The molecule has 0 aliphatic rings. The van der Waals surface area contributed by atoms with Crippen LogP contribution in [0.1, 0.15) is 22.3 Å². The molecule has 1 aromatic rings. The molecule has 9 nitrogen and oxygen atoms in total. The predicted octanol–water partition coefficient (Wildman–Crippen LogP) is 0.721. The molecule has 0 aromatic heterocycles. The maximum atomic E-state index is 10.9. The zero-order chi connectivity index (χ0) is 15.3. The summed E-state index contributed by atoms with van der Waals surface area (Å²) in [6.45, 7) is 0.205. The highest BCUT2D eigenvalue weighted by Gasteiger charge is 2.28. The third-order valence-electron chi connectivity index (χ3n) is 2.29. The van der Waals surface area contributed by atoms with Gasteiger partial charge in [-0.1, -0.05) is 11.8 Å². The molecule has 0 amide bonds. The lowest BCUT2D eigenvalue weighted by atomic mass is 10.0. The zero-order valence-corrected chi connectivity index (χ0v) is 10.0. The van der Waals surface area contributed by atoms with Crippen molar-refractivity contribution in [2.75, 3.05) is 6.54 Å². The molecule has 0 spiro atoms. The lowest BCUT2D eigenvalue weighted by Crippen LogP contribution is -2.01. The van der Waals surface area contributed by atoms with Gasteiger partial charge < -0.3 is 10.8 Å². The molecule has 104 valence electrons. The first kappa shape index (κ1) is 15.1. The number of nitrogens with zero attached hydrogens (tertiary/aromatic N) is 2. The van der Waals surface area contributed by atoms with Gasteiger partial charge in [0.1, 0.15) is 5.56 Å². The summed E-state index contributed by atoms with van der Waals surface area (Å²) in [4.78, 5) is 30.6. The second kappa shape index (κ2) is 6.26. The predicted molar refractivity (Wildman–Crippen MR) is 67.4 cm³/mol. The molecule has 3 N–H and O–H groups in total. The van der Waals surface area contributed by atoms with Crippen LogP contribution in [0.2, 0.25) is 0 Å². The van der Waals surface area contributed by atoms with Crippen molar-refractivity contribution in [3.63, 3.8) is 0 Å². The summed E-state index contributed by atoms with van der Waals surface area (Å²) in [5.41, 5.74) is 2.60. The number of phenols is 1. The monoisotopic (exact) mass is 279 g/mol. The van der Waals surface area contributed by atoms with Gasteiger partial charge in [-0.3, -0.25) is 25.0 Å². The number of benzene rings is 1. The van der Waals surface area contributed by atoms with E-state index >= 15 is 0 Å². The molecule has 0 radical (unpaired) electrons.